The third-order valence-electron chi connectivity index (χ3n) is 2.31. The van der Waals surface area contributed by atoms with Crippen molar-refractivity contribution in [1.29, 1.82) is 0 Å². The number of unbranched alkanes of at least 4 members (excludes halogenated alkanes) is 4. The second-order valence-electron chi connectivity index (χ2n) is 3.67. The molecule has 0 aliphatic carbocycles. The van der Waals surface area contributed by atoms with Crippen LogP contribution in [0.3, 0.4) is 0 Å². The van der Waals surface area contributed by atoms with Gasteiger partial charge in [0.2, 0.25) is 10.0 Å². The Morgan fingerprint density at radius 3 is 2.07 bits per heavy atom. The number of rotatable bonds is 10. The molecule has 0 saturated carbocycles. The maximum Gasteiger partial charge on any atom is 0.211 e. The first-order chi connectivity index (χ1) is 7.12. The summed E-state index contributed by atoms with van der Waals surface area (Å²) in [4.78, 5) is 0. The fraction of sp³-hybridized carbons (Fsp3) is 1.00. The fourth-order valence-electron chi connectivity index (χ4n) is 1.29. The third-order valence-corrected chi connectivity index (χ3v) is 3.71. The quantitative estimate of drug-likeness (QED) is 0.570. The van der Waals surface area contributed by atoms with Gasteiger partial charge in [0.15, 0.2) is 0 Å². The van der Waals surface area contributed by atoms with Crippen molar-refractivity contribution in [3.05, 3.63) is 0 Å². The smallest absolute Gasteiger partial charge is 0.211 e. The Labute approximate surface area is 96.9 Å². The Morgan fingerprint density at radius 1 is 1.00 bits per heavy atom. The largest absolute Gasteiger partial charge is 0.320 e. The predicted octanol–water partition coefficient (Wildman–Crippen LogP) is 1.59. The Hall–Kier alpha value is -0.130. The van der Waals surface area contributed by atoms with Crippen LogP contribution in [-0.2, 0) is 10.0 Å². The van der Waals surface area contributed by atoms with Gasteiger partial charge in [0.05, 0.1) is 5.75 Å². The highest BCUT2D eigenvalue weighted by Crippen LogP contribution is 2.01. The number of sulfonamides is 1. The van der Waals surface area contributed by atoms with Gasteiger partial charge >= 0.3 is 0 Å². The van der Waals surface area contributed by atoms with Crippen LogP contribution in [0.2, 0.25) is 0 Å². The van der Waals surface area contributed by atoms with Crippen LogP contribution in [-0.4, -0.2) is 34.3 Å². The summed E-state index contributed by atoms with van der Waals surface area (Å²) in [5.41, 5.74) is 0. The van der Waals surface area contributed by atoms with Crippen molar-refractivity contribution >= 4 is 10.0 Å². The van der Waals surface area contributed by atoms with E-state index in [0.717, 1.165) is 19.4 Å². The Morgan fingerprint density at radius 2 is 1.53 bits per heavy atom. The van der Waals surface area contributed by atoms with Gasteiger partial charge < -0.3 is 5.32 Å². The molecule has 0 aliphatic rings. The molecule has 5 heteroatoms. The van der Waals surface area contributed by atoms with Crippen molar-refractivity contribution in [1.82, 2.24) is 10.0 Å². The van der Waals surface area contributed by atoms with Gasteiger partial charge in [-0.05, 0) is 33.4 Å². The third kappa shape index (κ3) is 10.2. The van der Waals surface area contributed by atoms with E-state index >= 15 is 0 Å². The molecule has 0 unspecified atom stereocenters. The second-order valence-corrected chi connectivity index (χ2v) is 5.76. The summed E-state index contributed by atoms with van der Waals surface area (Å²) in [5.74, 6) is 0.176. The second kappa shape index (κ2) is 9.12. The number of hydrogen-bond donors (Lipinski definition) is 2. The summed E-state index contributed by atoms with van der Waals surface area (Å²) in [6.45, 7) is 3.31. The molecule has 0 aromatic heterocycles. The minimum atomic E-state index is -2.98. The predicted molar refractivity (Wildman–Crippen MR) is 68.7 cm³/mol. The lowest BCUT2D eigenvalue weighted by Gasteiger charge is -2.04. The summed E-state index contributed by atoms with van der Waals surface area (Å²) >= 11 is 0. The highest BCUT2D eigenvalue weighted by molar-refractivity contribution is 7.89. The van der Waals surface area contributed by atoms with Gasteiger partial charge in [0.25, 0.3) is 0 Å². The van der Waals surface area contributed by atoms with Crippen molar-refractivity contribution in [2.45, 2.75) is 39.0 Å². The molecule has 2 N–H and O–H groups in total. The van der Waals surface area contributed by atoms with E-state index in [1.807, 2.05) is 7.05 Å². The monoisotopic (exact) mass is 240 g/mol. The molecule has 0 fully saturated rings. The van der Waals surface area contributed by atoms with E-state index in [1.165, 1.54) is 19.3 Å². The molecular weight excluding hydrogens is 212 g/mol. The van der Waals surface area contributed by atoms with Crippen LogP contribution >= 0.6 is 0 Å². The van der Waals surface area contributed by atoms with Crippen molar-refractivity contribution in [2.75, 3.05) is 25.9 Å². The molecule has 15 heavy (non-hydrogen) atoms. The van der Waals surface area contributed by atoms with Crippen LogP contribution in [0.5, 0.6) is 0 Å². The van der Waals surface area contributed by atoms with E-state index in [-0.39, 0.29) is 8.61 Å². The molecule has 0 spiro atoms. The molecule has 0 rings (SSSR count). The first-order valence-corrected chi connectivity index (χ1v) is 7.39. The molecule has 0 atom stereocenters. The average Bonchev–Trinajstić information content (AvgIpc) is 2.22. The fourth-order valence-corrected chi connectivity index (χ4v) is 1.95. The minimum absolute atomic E-state index is 0. The van der Waals surface area contributed by atoms with E-state index < -0.39 is 10.0 Å². The van der Waals surface area contributed by atoms with Crippen LogP contribution in [0, 0.1) is 0 Å². The van der Waals surface area contributed by atoms with E-state index in [9.17, 15) is 8.42 Å². The SMILES string of the molecule is CCS(=O)(=O)NCCCCCCCNC.[HH].[HH]. The van der Waals surface area contributed by atoms with Gasteiger partial charge in [-0.1, -0.05) is 19.3 Å². The standard InChI is InChI=1S/C10H24N2O2S.2H2/c1-3-15(13,14)12-10-8-6-4-5-7-9-11-2;;/h11-12H,3-10H2,1-2H3;2*1H. The molecule has 0 aliphatic heterocycles. The van der Waals surface area contributed by atoms with Crippen LogP contribution in [0.1, 0.15) is 41.9 Å². The van der Waals surface area contributed by atoms with E-state index in [4.69, 9.17) is 0 Å². The zero-order chi connectivity index (χ0) is 11.6. The molecule has 0 aromatic carbocycles. The van der Waals surface area contributed by atoms with Crippen molar-refractivity contribution in [3.63, 3.8) is 0 Å². The lowest BCUT2D eigenvalue weighted by atomic mass is 10.1. The lowest BCUT2D eigenvalue weighted by molar-refractivity contribution is 0.567. The Balaban J connectivity index is -0.000000980. The Bertz CT molecular complexity index is 236. The number of nitrogens with one attached hydrogen (secondary N) is 2. The van der Waals surface area contributed by atoms with Gasteiger partial charge in [0, 0.05) is 9.40 Å². The summed E-state index contributed by atoms with van der Waals surface area (Å²) in [6, 6.07) is 0. The van der Waals surface area contributed by atoms with Gasteiger partial charge in [-0.15, -0.1) is 0 Å². The molecule has 0 saturated heterocycles. The van der Waals surface area contributed by atoms with E-state index in [2.05, 4.69) is 10.0 Å². The zero-order valence-electron chi connectivity index (χ0n) is 9.88. The van der Waals surface area contributed by atoms with Gasteiger partial charge in [0.1, 0.15) is 0 Å². The first kappa shape index (κ1) is 14.9. The molecule has 0 heterocycles. The van der Waals surface area contributed by atoms with E-state index in [0.29, 0.717) is 6.54 Å². The maximum absolute atomic E-state index is 11.1. The first-order valence-electron chi connectivity index (χ1n) is 5.74. The van der Waals surface area contributed by atoms with Gasteiger partial charge in [-0.2, -0.15) is 0 Å². The lowest BCUT2D eigenvalue weighted by Crippen LogP contribution is -2.26. The summed E-state index contributed by atoms with van der Waals surface area (Å²) in [6.07, 6.45) is 5.67. The molecule has 96 valence electrons. The van der Waals surface area contributed by atoms with Crippen LogP contribution in [0.4, 0.5) is 0 Å². The average molecular weight is 240 g/mol. The molecule has 0 amide bonds. The number of hydrogen-bond acceptors (Lipinski definition) is 3. The van der Waals surface area contributed by atoms with E-state index in [1.54, 1.807) is 6.92 Å². The summed E-state index contributed by atoms with van der Waals surface area (Å²) < 4.78 is 24.7. The maximum atomic E-state index is 11.1. The van der Waals surface area contributed by atoms with Crippen molar-refractivity contribution < 1.29 is 11.3 Å². The van der Waals surface area contributed by atoms with Crippen LogP contribution in [0.25, 0.3) is 0 Å². The van der Waals surface area contributed by atoms with Crippen molar-refractivity contribution in [2.24, 2.45) is 0 Å². The van der Waals surface area contributed by atoms with Gasteiger partial charge in [-0.25, -0.2) is 13.1 Å². The molecule has 0 aromatic rings. The molecule has 0 radical (unpaired) electrons. The topological polar surface area (TPSA) is 58.2 Å². The normalized spacial score (nSPS) is 11.9. The minimum Gasteiger partial charge on any atom is -0.320 e. The zero-order valence-corrected chi connectivity index (χ0v) is 10.7. The van der Waals surface area contributed by atoms with Crippen molar-refractivity contribution in [3.8, 4) is 0 Å². The Kier molecular flexibility index (Phi) is 9.04. The highest BCUT2D eigenvalue weighted by atomic mass is 32.2. The summed E-state index contributed by atoms with van der Waals surface area (Å²) in [7, 11) is -1.02. The molecule has 4 nitrogen and oxygen atoms in total. The van der Waals surface area contributed by atoms with Crippen LogP contribution < -0.4 is 10.0 Å². The summed E-state index contributed by atoms with van der Waals surface area (Å²) in [5, 5.41) is 3.11. The van der Waals surface area contributed by atoms with Crippen LogP contribution in [0.15, 0.2) is 0 Å². The van der Waals surface area contributed by atoms with Gasteiger partial charge in [-0.3, -0.25) is 0 Å². The molecular formula is C10H28N2O2S. The molecule has 0 bridgehead atoms. The highest BCUT2D eigenvalue weighted by Gasteiger charge is 2.03.